The SMILES string of the molecule is CC(C)(NC(=O)CNC(=O)CNC(=O)OCC1c2ccccc2-c2ccccc21)C(=O)O. The monoisotopic (exact) mass is 439 g/mol. The van der Waals surface area contributed by atoms with E-state index in [1.165, 1.54) is 13.8 Å². The predicted octanol–water partition coefficient (Wildman–Crippen LogP) is 1.62. The minimum absolute atomic E-state index is 0.0942. The molecule has 0 aliphatic heterocycles. The minimum atomic E-state index is -1.46. The van der Waals surface area contributed by atoms with Crippen molar-refractivity contribution in [3.63, 3.8) is 0 Å². The van der Waals surface area contributed by atoms with E-state index in [1.54, 1.807) is 0 Å². The van der Waals surface area contributed by atoms with Crippen molar-refractivity contribution in [2.75, 3.05) is 19.7 Å². The first kappa shape index (κ1) is 22.8. The molecule has 0 spiro atoms. The molecule has 0 heterocycles. The van der Waals surface area contributed by atoms with Crippen molar-refractivity contribution in [2.45, 2.75) is 25.3 Å². The lowest BCUT2D eigenvalue weighted by atomic mass is 9.98. The Morgan fingerprint density at radius 3 is 1.97 bits per heavy atom. The number of rotatable bonds is 8. The van der Waals surface area contributed by atoms with Gasteiger partial charge in [0.15, 0.2) is 0 Å². The van der Waals surface area contributed by atoms with Crippen molar-refractivity contribution in [1.29, 1.82) is 0 Å². The van der Waals surface area contributed by atoms with Gasteiger partial charge in [-0.3, -0.25) is 9.59 Å². The quantitative estimate of drug-likeness (QED) is 0.494. The van der Waals surface area contributed by atoms with Gasteiger partial charge >= 0.3 is 12.1 Å². The lowest BCUT2D eigenvalue weighted by molar-refractivity contribution is -0.145. The van der Waals surface area contributed by atoms with Gasteiger partial charge in [-0.1, -0.05) is 48.5 Å². The highest BCUT2D eigenvalue weighted by Crippen LogP contribution is 2.44. The summed E-state index contributed by atoms with van der Waals surface area (Å²) in [5, 5.41) is 15.9. The van der Waals surface area contributed by atoms with Crippen molar-refractivity contribution in [1.82, 2.24) is 16.0 Å². The second-order valence-electron chi connectivity index (χ2n) is 7.93. The number of carboxylic acids is 1. The van der Waals surface area contributed by atoms with E-state index in [0.717, 1.165) is 22.3 Å². The van der Waals surface area contributed by atoms with Crippen LogP contribution in [-0.2, 0) is 19.1 Å². The maximum Gasteiger partial charge on any atom is 0.407 e. The average Bonchev–Trinajstić information content (AvgIpc) is 3.08. The second kappa shape index (κ2) is 9.51. The van der Waals surface area contributed by atoms with E-state index in [2.05, 4.69) is 16.0 Å². The van der Waals surface area contributed by atoms with Crippen LogP contribution in [-0.4, -0.2) is 54.2 Å². The zero-order valence-electron chi connectivity index (χ0n) is 17.8. The number of alkyl carbamates (subject to hydrolysis) is 1. The largest absolute Gasteiger partial charge is 0.480 e. The topological polar surface area (TPSA) is 134 Å². The molecule has 0 unspecified atom stereocenters. The third-order valence-corrected chi connectivity index (χ3v) is 5.17. The lowest BCUT2D eigenvalue weighted by Crippen LogP contribution is -2.53. The van der Waals surface area contributed by atoms with Gasteiger partial charge in [-0.15, -0.1) is 0 Å². The lowest BCUT2D eigenvalue weighted by Gasteiger charge is -2.21. The Morgan fingerprint density at radius 2 is 1.41 bits per heavy atom. The summed E-state index contributed by atoms with van der Waals surface area (Å²) in [5.41, 5.74) is 2.92. The number of nitrogens with one attached hydrogen (secondary N) is 3. The Hall–Kier alpha value is -3.88. The highest BCUT2D eigenvalue weighted by Gasteiger charge is 2.30. The summed E-state index contributed by atoms with van der Waals surface area (Å²) in [4.78, 5) is 46.7. The van der Waals surface area contributed by atoms with Gasteiger partial charge in [0, 0.05) is 5.92 Å². The number of amides is 3. The zero-order valence-corrected chi connectivity index (χ0v) is 17.8. The summed E-state index contributed by atoms with van der Waals surface area (Å²) in [6, 6.07) is 15.9. The van der Waals surface area contributed by atoms with Crippen LogP contribution in [0, 0.1) is 0 Å². The van der Waals surface area contributed by atoms with Gasteiger partial charge in [0.1, 0.15) is 18.7 Å². The molecule has 1 aliphatic rings. The van der Waals surface area contributed by atoms with Gasteiger partial charge < -0.3 is 25.8 Å². The number of carboxylic acid groups (broad SMARTS) is 1. The molecule has 9 heteroatoms. The Labute approximate surface area is 185 Å². The minimum Gasteiger partial charge on any atom is -0.480 e. The average molecular weight is 439 g/mol. The third kappa shape index (κ3) is 5.23. The van der Waals surface area contributed by atoms with Gasteiger partial charge in [-0.05, 0) is 36.1 Å². The van der Waals surface area contributed by atoms with Crippen LogP contribution in [0.25, 0.3) is 11.1 Å². The molecule has 168 valence electrons. The van der Waals surface area contributed by atoms with E-state index in [0.29, 0.717) is 0 Å². The summed E-state index contributed by atoms with van der Waals surface area (Å²) in [5.74, 6) is -2.56. The summed E-state index contributed by atoms with van der Waals surface area (Å²) in [6.45, 7) is 1.98. The van der Waals surface area contributed by atoms with Gasteiger partial charge in [0.25, 0.3) is 0 Å². The van der Waals surface area contributed by atoms with E-state index in [9.17, 15) is 19.2 Å². The molecule has 0 saturated heterocycles. The van der Waals surface area contributed by atoms with Crippen LogP contribution in [0.1, 0.15) is 30.9 Å². The van der Waals surface area contributed by atoms with Crippen LogP contribution in [0.15, 0.2) is 48.5 Å². The molecule has 2 aromatic rings. The molecule has 1 aliphatic carbocycles. The second-order valence-corrected chi connectivity index (χ2v) is 7.93. The highest BCUT2D eigenvalue weighted by molar-refractivity contribution is 5.90. The van der Waals surface area contributed by atoms with Crippen LogP contribution in [0.4, 0.5) is 4.79 Å². The van der Waals surface area contributed by atoms with Crippen molar-refractivity contribution >= 4 is 23.9 Å². The Bertz CT molecular complexity index is 1000. The van der Waals surface area contributed by atoms with Gasteiger partial charge in [0.05, 0.1) is 6.54 Å². The number of benzene rings is 2. The van der Waals surface area contributed by atoms with Crippen molar-refractivity contribution in [3.05, 3.63) is 59.7 Å². The van der Waals surface area contributed by atoms with Crippen LogP contribution >= 0.6 is 0 Å². The molecule has 0 aromatic heterocycles. The van der Waals surface area contributed by atoms with E-state index in [4.69, 9.17) is 9.84 Å². The number of aliphatic carboxylic acids is 1. The molecule has 9 nitrogen and oxygen atoms in total. The molecule has 0 atom stereocenters. The Balaban J connectivity index is 1.45. The van der Waals surface area contributed by atoms with E-state index in [-0.39, 0.29) is 19.1 Å². The predicted molar refractivity (Wildman–Crippen MR) is 116 cm³/mol. The molecular weight excluding hydrogens is 414 g/mol. The fourth-order valence-electron chi connectivity index (χ4n) is 3.49. The summed E-state index contributed by atoms with van der Waals surface area (Å²) < 4.78 is 5.33. The molecule has 3 amide bonds. The standard InChI is InChI=1S/C23H25N3O6/c1-23(2,21(29)30)26-20(28)12-24-19(27)11-25-22(31)32-13-18-16-9-5-3-7-14(16)15-8-4-6-10-17(15)18/h3-10,18H,11-13H2,1-2H3,(H,24,27)(H,25,31)(H,26,28)(H,29,30). The van der Waals surface area contributed by atoms with Crippen LogP contribution < -0.4 is 16.0 Å². The molecule has 0 fully saturated rings. The normalized spacial score (nSPS) is 12.3. The van der Waals surface area contributed by atoms with E-state index in [1.807, 2.05) is 48.5 Å². The number of carbonyl (C=O) groups is 4. The number of hydrogen-bond donors (Lipinski definition) is 4. The smallest absolute Gasteiger partial charge is 0.407 e. The van der Waals surface area contributed by atoms with Crippen molar-refractivity contribution < 1.29 is 29.0 Å². The molecule has 4 N–H and O–H groups in total. The Morgan fingerprint density at radius 1 is 0.875 bits per heavy atom. The van der Waals surface area contributed by atoms with Crippen LogP contribution in [0.5, 0.6) is 0 Å². The first-order valence-corrected chi connectivity index (χ1v) is 10.1. The zero-order chi connectivity index (χ0) is 23.3. The van der Waals surface area contributed by atoms with E-state index >= 15 is 0 Å². The summed E-state index contributed by atoms with van der Waals surface area (Å²) in [7, 11) is 0. The molecule has 32 heavy (non-hydrogen) atoms. The number of fused-ring (bicyclic) bond motifs is 3. The maximum absolute atomic E-state index is 12.1. The third-order valence-electron chi connectivity index (χ3n) is 5.17. The van der Waals surface area contributed by atoms with E-state index < -0.39 is 36.0 Å². The molecule has 3 rings (SSSR count). The highest BCUT2D eigenvalue weighted by atomic mass is 16.5. The number of ether oxygens (including phenoxy) is 1. The molecule has 0 bridgehead atoms. The van der Waals surface area contributed by atoms with Crippen LogP contribution in [0.2, 0.25) is 0 Å². The molecule has 0 saturated carbocycles. The first-order valence-electron chi connectivity index (χ1n) is 10.1. The summed E-state index contributed by atoms with van der Waals surface area (Å²) >= 11 is 0. The van der Waals surface area contributed by atoms with Gasteiger partial charge in [-0.2, -0.15) is 0 Å². The maximum atomic E-state index is 12.1. The molecular formula is C23H25N3O6. The fraction of sp³-hybridized carbons (Fsp3) is 0.304. The molecule has 2 aromatic carbocycles. The van der Waals surface area contributed by atoms with Crippen LogP contribution in [0.3, 0.4) is 0 Å². The Kier molecular flexibility index (Phi) is 6.77. The van der Waals surface area contributed by atoms with Gasteiger partial charge in [-0.25, -0.2) is 9.59 Å². The molecule has 0 radical (unpaired) electrons. The van der Waals surface area contributed by atoms with Gasteiger partial charge in [0.2, 0.25) is 11.8 Å². The van der Waals surface area contributed by atoms with Crippen molar-refractivity contribution in [3.8, 4) is 11.1 Å². The first-order chi connectivity index (χ1) is 15.2. The fourth-order valence-corrected chi connectivity index (χ4v) is 3.49. The van der Waals surface area contributed by atoms with Crippen molar-refractivity contribution in [2.24, 2.45) is 0 Å². The summed E-state index contributed by atoms with van der Waals surface area (Å²) in [6.07, 6.45) is -0.751. The number of hydrogen-bond acceptors (Lipinski definition) is 5. The number of carbonyl (C=O) groups excluding carboxylic acids is 3.